The highest BCUT2D eigenvalue weighted by Gasteiger charge is 2.07. The van der Waals surface area contributed by atoms with E-state index in [-0.39, 0.29) is 0 Å². The molecule has 6 heteroatoms. The lowest BCUT2D eigenvalue weighted by Crippen LogP contribution is -2.08. The Labute approximate surface area is 111 Å². The smallest absolute Gasteiger partial charge is 0.164 e. The summed E-state index contributed by atoms with van der Waals surface area (Å²) in [5.41, 5.74) is 6.57. The van der Waals surface area contributed by atoms with Gasteiger partial charge in [-0.2, -0.15) is 5.10 Å². The van der Waals surface area contributed by atoms with Crippen LogP contribution in [-0.2, 0) is 19.7 Å². The van der Waals surface area contributed by atoms with Crippen molar-refractivity contribution < 1.29 is 4.74 Å². The zero-order valence-corrected chi connectivity index (χ0v) is 10.9. The second-order valence-electron chi connectivity index (χ2n) is 3.74. The number of halogens is 1. The van der Waals surface area contributed by atoms with Crippen LogP contribution in [0, 0.1) is 0 Å². The summed E-state index contributed by atoms with van der Waals surface area (Å²) in [5, 5.41) is 4.71. The number of ether oxygens (including phenoxy) is 1. The molecule has 0 atom stereocenters. The van der Waals surface area contributed by atoms with E-state index in [0.717, 1.165) is 17.9 Å². The maximum absolute atomic E-state index is 5.94. The molecule has 2 N–H and O–H groups in total. The summed E-state index contributed by atoms with van der Waals surface area (Å²) in [5.74, 6) is 1.47. The van der Waals surface area contributed by atoms with Crippen LogP contribution in [0.15, 0.2) is 24.5 Å². The van der Waals surface area contributed by atoms with Crippen molar-refractivity contribution in [1.82, 2.24) is 14.8 Å². The van der Waals surface area contributed by atoms with E-state index in [1.807, 2.05) is 13.0 Å². The van der Waals surface area contributed by atoms with Gasteiger partial charge in [0.05, 0.1) is 0 Å². The number of nitrogens with two attached hydrogens (primary N) is 1. The van der Waals surface area contributed by atoms with Crippen molar-refractivity contribution in [1.29, 1.82) is 0 Å². The van der Waals surface area contributed by atoms with Crippen molar-refractivity contribution in [2.24, 2.45) is 5.73 Å². The molecule has 1 heterocycles. The molecule has 0 saturated heterocycles. The summed E-state index contributed by atoms with van der Waals surface area (Å²) in [6, 6.07) is 5.42. The van der Waals surface area contributed by atoms with Gasteiger partial charge in [-0.3, -0.25) is 0 Å². The molecule has 2 rings (SSSR count). The fraction of sp³-hybridized carbons (Fsp3) is 0.333. The molecule has 0 spiro atoms. The van der Waals surface area contributed by atoms with Gasteiger partial charge < -0.3 is 10.5 Å². The number of hydrogen-bond donors (Lipinski definition) is 1. The first-order valence-corrected chi connectivity index (χ1v) is 6.10. The molecule has 0 fully saturated rings. The van der Waals surface area contributed by atoms with Gasteiger partial charge in [-0.1, -0.05) is 17.7 Å². The summed E-state index contributed by atoms with van der Waals surface area (Å²) in [6.45, 7) is 3.52. The lowest BCUT2D eigenvalue weighted by atomic mass is 10.2. The third-order valence-corrected chi connectivity index (χ3v) is 2.84. The van der Waals surface area contributed by atoms with Crippen LogP contribution >= 0.6 is 11.6 Å². The normalized spacial score (nSPS) is 10.6. The lowest BCUT2D eigenvalue weighted by Gasteiger charge is -2.10. The van der Waals surface area contributed by atoms with E-state index in [2.05, 4.69) is 10.1 Å². The van der Waals surface area contributed by atoms with Crippen molar-refractivity contribution in [3.05, 3.63) is 40.9 Å². The van der Waals surface area contributed by atoms with E-state index < -0.39 is 0 Å². The maximum atomic E-state index is 5.94. The molecule has 2 aromatic rings. The van der Waals surface area contributed by atoms with Crippen molar-refractivity contribution >= 4 is 11.6 Å². The van der Waals surface area contributed by atoms with E-state index in [1.54, 1.807) is 16.8 Å². The quantitative estimate of drug-likeness (QED) is 0.899. The number of rotatable bonds is 5. The molecule has 0 aliphatic heterocycles. The Kier molecular flexibility index (Phi) is 4.17. The van der Waals surface area contributed by atoms with Crippen LogP contribution in [-0.4, -0.2) is 14.8 Å². The molecule has 0 saturated carbocycles. The first-order valence-electron chi connectivity index (χ1n) is 5.72. The number of nitrogens with zero attached hydrogens (tertiary/aromatic N) is 3. The maximum Gasteiger partial charge on any atom is 0.164 e. The van der Waals surface area contributed by atoms with E-state index in [1.165, 1.54) is 6.33 Å². The highest BCUT2D eigenvalue weighted by atomic mass is 35.5. The zero-order chi connectivity index (χ0) is 13.0. The van der Waals surface area contributed by atoms with E-state index in [9.17, 15) is 0 Å². The average molecular weight is 267 g/mol. The van der Waals surface area contributed by atoms with Crippen LogP contribution < -0.4 is 10.5 Å². The van der Waals surface area contributed by atoms with E-state index in [4.69, 9.17) is 22.1 Å². The number of hydrogen-bond acceptors (Lipinski definition) is 4. The predicted octanol–water partition coefficient (Wildman–Crippen LogP) is 1.99. The zero-order valence-electron chi connectivity index (χ0n) is 10.1. The lowest BCUT2D eigenvalue weighted by molar-refractivity contribution is 0.284. The highest BCUT2D eigenvalue weighted by Crippen LogP contribution is 2.23. The third-order valence-electron chi connectivity index (χ3n) is 2.60. The van der Waals surface area contributed by atoms with Crippen molar-refractivity contribution in [2.45, 2.75) is 26.6 Å². The minimum absolute atomic E-state index is 0.348. The van der Waals surface area contributed by atoms with Gasteiger partial charge in [0.25, 0.3) is 0 Å². The summed E-state index contributed by atoms with van der Waals surface area (Å²) >= 11 is 5.94. The summed E-state index contributed by atoms with van der Waals surface area (Å²) in [6.07, 6.45) is 1.52. The Morgan fingerprint density at radius 2 is 2.28 bits per heavy atom. The fourth-order valence-corrected chi connectivity index (χ4v) is 1.80. The molecular formula is C12H15ClN4O. The minimum atomic E-state index is 0.348. The Balaban J connectivity index is 2.12. The number of aromatic nitrogens is 3. The Bertz CT molecular complexity index is 527. The second-order valence-corrected chi connectivity index (χ2v) is 4.17. The topological polar surface area (TPSA) is 66.0 Å². The molecule has 96 valence electrons. The van der Waals surface area contributed by atoms with Crippen LogP contribution in [0.2, 0.25) is 5.02 Å². The first kappa shape index (κ1) is 12.9. The number of aryl methyl sites for hydroxylation is 1. The molecule has 0 amide bonds. The van der Waals surface area contributed by atoms with Crippen molar-refractivity contribution in [3.63, 3.8) is 0 Å². The largest absolute Gasteiger partial charge is 0.485 e. The molecule has 0 unspecified atom stereocenters. The second kappa shape index (κ2) is 5.84. The molecule has 0 bridgehead atoms. The van der Waals surface area contributed by atoms with Gasteiger partial charge in [0.15, 0.2) is 5.82 Å². The molecule has 1 aromatic carbocycles. The Hall–Kier alpha value is -1.59. The fourth-order valence-electron chi connectivity index (χ4n) is 1.64. The van der Waals surface area contributed by atoms with Crippen LogP contribution in [0.25, 0.3) is 0 Å². The molecule has 1 aromatic heterocycles. The summed E-state index contributed by atoms with van der Waals surface area (Å²) in [7, 11) is 0. The van der Waals surface area contributed by atoms with Crippen LogP contribution in [0.4, 0.5) is 0 Å². The van der Waals surface area contributed by atoms with Crippen LogP contribution in [0.3, 0.4) is 0 Å². The van der Waals surface area contributed by atoms with E-state index in [0.29, 0.717) is 23.9 Å². The van der Waals surface area contributed by atoms with Crippen molar-refractivity contribution in [3.8, 4) is 5.75 Å². The van der Waals surface area contributed by atoms with Gasteiger partial charge >= 0.3 is 0 Å². The van der Waals surface area contributed by atoms with E-state index >= 15 is 0 Å². The molecule has 18 heavy (non-hydrogen) atoms. The molecule has 5 nitrogen and oxygen atoms in total. The molecule has 0 radical (unpaired) electrons. The van der Waals surface area contributed by atoms with Gasteiger partial charge in [-0.25, -0.2) is 9.67 Å². The first-order chi connectivity index (χ1) is 8.74. The standard InChI is InChI=1S/C12H15ClN4O/c1-2-17-12(15-8-16-17)7-18-11-5-10(13)4-3-9(11)6-14/h3-5,8H,2,6-7,14H2,1H3. The molecule has 0 aliphatic rings. The average Bonchev–Trinajstić information content (AvgIpc) is 2.84. The van der Waals surface area contributed by atoms with Gasteiger partial charge in [0.2, 0.25) is 0 Å². The van der Waals surface area contributed by atoms with Gasteiger partial charge in [-0.05, 0) is 19.1 Å². The number of benzene rings is 1. The third kappa shape index (κ3) is 2.80. The summed E-state index contributed by atoms with van der Waals surface area (Å²) in [4.78, 5) is 4.14. The monoisotopic (exact) mass is 266 g/mol. The minimum Gasteiger partial charge on any atom is -0.485 e. The van der Waals surface area contributed by atoms with Crippen LogP contribution in [0.5, 0.6) is 5.75 Å². The van der Waals surface area contributed by atoms with Gasteiger partial charge in [0, 0.05) is 23.7 Å². The van der Waals surface area contributed by atoms with Crippen LogP contribution in [0.1, 0.15) is 18.3 Å². The Morgan fingerprint density at radius 1 is 1.44 bits per heavy atom. The molecular weight excluding hydrogens is 252 g/mol. The SMILES string of the molecule is CCn1ncnc1COc1cc(Cl)ccc1CN. The van der Waals surface area contributed by atoms with Gasteiger partial charge in [-0.15, -0.1) is 0 Å². The highest BCUT2D eigenvalue weighted by molar-refractivity contribution is 6.30. The van der Waals surface area contributed by atoms with Crippen molar-refractivity contribution in [2.75, 3.05) is 0 Å². The molecule has 0 aliphatic carbocycles. The Morgan fingerprint density at radius 3 is 3.00 bits per heavy atom. The predicted molar refractivity (Wildman–Crippen MR) is 69.4 cm³/mol. The summed E-state index contributed by atoms with van der Waals surface area (Å²) < 4.78 is 7.49. The van der Waals surface area contributed by atoms with Gasteiger partial charge in [0.1, 0.15) is 18.7 Å².